The molecule has 1 aromatic heterocycles. The van der Waals surface area contributed by atoms with Gasteiger partial charge in [0.15, 0.2) is 0 Å². The van der Waals surface area contributed by atoms with Crippen molar-refractivity contribution in [3.05, 3.63) is 22.4 Å². The van der Waals surface area contributed by atoms with Crippen molar-refractivity contribution in [2.24, 2.45) is 0 Å². The van der Waals surface area contributed by atoms with E-state index in [4.69, 9.17) is 0 Å². The smallest absolute Gasteiger partial charge is 0.236 e. The first kappa shape index (κ1) is 11.7. The Morgan fingerprint density at radius 2 is 2.21 bits per heavy atom. The van der Waals surface area contributed by atoms with E-state index in [9.17, 15) is 4.79 Å². The second-order valence-electron chi connectivity index (χ2n) is 3.26. The third-order valence-corrected chi connectivity index (χ3v) is 3.66. The van der Waals surface area contributed by atoms with Gasteiger partial charge in [-0.25, -0.2) is 0 Å². The molecule has 1 heterocycles. The van der Waals surface area contributed by atoms with E-state index in [-0.39, 0.29) is 16.8 Å². The summed E-state index contributed by atoms with van der Waals surface area (Å²) < 4.78 is 0. The van der Waals surface area contributed by atoms with Crippen molar-refractivity contribution >= 4 is 33.2 Å². The molecule has 0 N–H and O–H groups in total. The molecule has 2 nitrogen and oxygen atoms in total. The van der Waals surface area contributed by atoms with Crippen LogP contribution in [0.3, 0.4) is 0 Å². The summed E-state index contributed by atoms with van der Waals surface area (Å²) >= 11 is 4.96. The van der Waals surface area contributed by atoms with E-state index in [2.05, 4.69) is 22.0 Å². The zero-order valence-corrected chi connectivity index (χ0v) is 10.9. The third-order valence-electron chi connectivity index (χ3n) is 2.22. The molecule has 0 bridgehead atoms. The molecule has 14 heavy (non-hydrogen) atoms. The summed E-state index contributed by atoms with van der Waals surface area (Å²) in [6, 6.07) is 4.22. The van der Waals surface area contributed by atoms with E-state index in [1.807, 2.05) is 32.3 Å². The number of hydrogen-bond acceptors (Lipinski definition) is 2. The Hall–Kier alpha value is -0.350. The molecular formula is C10H14BrNOS. The van der Waals surface area contributed by atoms with Gasteiger partial charge in [-0.05, 0) is 25.3 Å². The molecule has 0 fully saturated rings. The summed E-state index contributed by atoms with van der Waals surface area (Å²) in [5.74, 6) is 0.117. The fraction of sp³-hybridized carbons (Fsp3) is 0.500. The van der Waals surface area contributed by atoms with Crippen molar-refractivity contribution < 1.29 is 4.79 Å². The zero-order valence-electron chi connectivity index (χ0n) is 8.53. The van der Waals surface area contributed by atoms with E-state index in [1.165, 1.54) is 4.88 Å². The van der Waals surface area contributed by atoms with Gasteiger partial charge in [0.1, 0.15) is 0 Å². The van der Waals surface area contributed by atoms with Gasteiger partial charge in [0.2, 0.25) is 5.91 Å². The molecule has 0 aliphatic carbocycles. The molecule has 0 saturated carbocycles. The average Bonchev–Trinajstić information content (AvgIpc) is 2.67. The number of carbonyl (C=O) groups is 1. The van der Waals surface area contributed by atoms with Crippen molar-refractivity contribution in [1.29, 1.82) is 0 Å². The van der Waals surface area contributed by atoms with Crippen LogP contribution in [0.5, 0.6) is 0 Å². The fourth-order valence-electron chi connectivity index (χ4n) is 1.19. The van der Waals surface area contributed by atoms with Gasteiger partial charge in [-0.2, -0.15) is 0 Å². The summed E-state index contributed by atoms with van der Waals surface area (Å²) in [7, 11) is 1.84. The molecule has 0 aliphatic rings. The van der Waals surface area contributed by atoms with Gasteiger partial charge in [-0.3, -0.25) is 4.79 Å². The molecule has 0 radical (unpaired) electrons. The molecule has 0 aromatic carbocycles. The van der Waals surface area contributed by atoms with Crippen LogP contribution in [0.1, 0.15) is 24.8 Å². The first-order valence-corrected chi connectivity index (χ1v) is 6.27. The number of nitrogens with zero attached hydrogens (tertiary/aromatic N) is 1. The van der Waals surface area contributed by atoms with E-state index < -0.39 is 0 Å². The summed E-state index contributed by atoms with van der Waals surface area (Å²) in [4.78, 5) is 14.5. The largest absolute Gasteiger partial charge is 0.337 e. The first-order chi connectivity index (χ1) is 6.54. The number of amides is 1. The highest BCUT2D eigenvalue weighted by Crippen LogP contribution is 2.24. The summed E-state index contributed by atoms with van der Waals surface area (Å²) in [6.07, 6.45) is 0. The van der Waals surface area contributed by atoms with Gasteiger partial charge in [-0.1, -0.05) is 22.0 Å². The maximum absolute atomic E-state index is 11.7. The van der Waals surface area contributed by atoms with Crippen LogP contribution in [0.25, 0.3) is 0 Å². The van der Waals surface area contributed by atoms with Crippen LogP contribution in [-0.4, -0.2) is 22.7 Å². The van der Waals surface area contributed by atoms with Gasteiger partial charge in [-0.15, -0.1) is 11.3 Å². The molecule has 0 aliphatic heterocycles. The Morgan fingerprint density at radius 3 is 2.64 bits per heavy atom. The topological polar surface area (TPSA) is 20.3 Å². The van der Waals surface area contributed by atoms with Gasteiger partial charge in [0.25, 0.3) is 0 Å². The second-order valence-corrected chi connectivity index (χ2v) is 5.61. The summed E-state index contributed by atoms with van der Waals surface area (Å²) in [6.45, 7) is 3.89. The van der Waals surface area contributed by atoms with Crippen molar-refractivity contribution in [2.45, 2.75) is 24.7 Å². The standard InChI is InChI=1S/C10H14BrNOS/c1-7(11)10(13)12(3)8(2)9-5-4-6-14-9/h4-8H,1-3H3. The maximum Gasteiger partial charge on any atom is 0.236 e. The zero-order chi connectivity index (χ0) is 10.7. The van der Waals surface area contributed by atoms with Crippen LogP contribution in [0, 0.1) is 0 Å². The minimum Gasteiger partial charge on any atom is -0.337 e. The fourth-order valence-corrected chi connectivity index (χ4v) is 2.34. The summed E-state index contributed by atoms with van der Waals surface area (Å²) in [5.41, 5.74) is 0. The minimum absolute atomic E-state index is 0.116. The first-order valence-electron chi connectivity index (χ1n) is 4.48. The van der Waals surface area contributed by atoms with Crippen molar-refractivity contribution in [3.63, 3.8) is 0 Å². The Bertz CT molecular complexity index is 297. The predicted molar refractivity (Wildman–Crippen MR) is 63.9 cm³/mol. The molecule has 2 atom stereocenters. The van der Waals surface area contributed by atoms with Gasteiger partial charge < -0.3 is 4.90 Å². The lowest BCUT2D eigenvalue weighted by Gasteiger charge is -2.25. The Kier molecular flexibility index (Phi) is 4.13. The van der Waals surface area contributed by atoms with Crippen molar-refractivity contribution in [1.82, 2.24) is 4.90 Å². The number of alkyl halides is 1. The molecule has 1 aromatic rings. The number of halogens is 1. The average molecular weight is 276 g/mol. The van der Waals surface area contributed by atoms with E-state index >= 15 is 0 Å². The van der Waals surface area contributed by atoms with Crippen LogP contribution in [0.4, 0.5) is 0 Å². The van der Waals surface area contributed by atoms with Crippen LogP contribution in [-0.2, 0) is 4.79 Å². The monoisotopic (exact) mass is 275 g/mol. The number of rotatable bonds is 3. The third kappa shape index (κ3) is 2.58. The van der Waals surface area contributed by atoms with Gasteiger partial charge in [0.05, 0.1) is 10.9 Å². The number of carbonyl (C=O) groups excluding carboxylic acids is 1. The lowest BCUT2D eigenvalue weighted by Crippen LogP contribution is -2.33. The Labute approximate surface area is 97.1 Å². The highest BCUT2D eigenvalue weighted by molar-refractivity contribution is 9.10. The molecule has 1 amide bonds. The molecule has 4 heteroatoms. The second kappa shape index (κ2) is 4.94. The Balaban J connectivity index is 2.70. The molecule has 2 unspecified atom stereocenters. The molecule has 78 valence electrons. The lowest BCUT2D eigenvalue weighted by molar-refractivity contribution is -0.130. The minimum atomic E-state index is -0.116. The van der Waals surface area contributed by atoms with Gasteiger partial charge in [0, 0.05) is 11.9 Å². The number of thiophene rings is 1. The van der Waals surface area contributed by atoms with Crippen molar-refractivity contribution in [2.75, 3.05) is 7.05 Å². The summed E-state index contributed by atoms with van der Waals surface area (Å²) in [5, 5.41) is 2.03. The quantitative estimate of drug-likeness (QED) is 0.777. The highest BCUT2D eigenvalue weighted by Gasteiger charge is 2.20. The normalized spacial score (nSPS) is 14.9. The molecule has 0 spiro atoms. The molecule has 0 saturated heterocycles. The van der Waals surface area contributed by atoms with Crippen LogP contribution in [0.2, 0.25) is 0 Å². The van der Waals surface area contributed by atoms with Crippen LogP contribution >= 0.6 is 27.3 Å². The highest BCUT2D eigenvalue weighted by atomic mass is 79.9. The lowest BCUT2D eigenvalue weighted by atomic mass is 10.2. The van der Waals surface area contributed by atoms with Crippen molar-refractivity contribution in [3.8, 4) is 0 Å². The SMILES string of the molecule is CC(Br)C(=O)N(C)C(C)c1cccs1. The predicted octanol–water partition coefficient (Wildman–Crippen LogP) is 3.05. The van der Waals surface area contributed by atoms with E-state index in [0.717, 1.165) is 0 Å². The molecular weight excluding hydrogens is 262 g/mol. The molecule has 1 rings (SSSR count). The Morgan fingerprint density at radius 1 is 1.57 bits per heavy atom. The van der Waals surface area contributed by atoms with E-state index in [0.29, 0.717) is 0 Å². The van der Waals surface area contributed by atoms with Gasteiger partial charge >= 0.3 is 0 Å². The van der Waals surface area contributed by atoms with Crippen LogP contribution in [0.15, 0.2) is 17.5 Å². The maximum atomic E-state index is 11.7. The number of hydrogen-bond donors (Lipinski definition) is 0. The van der Waals surface area contributed by atoms with E-state index in [1.54, 1.807) is 16.2 Å². The van der Waals surface area contributed by atoms with Crippen LogP contribution < -0.4 is 0 Å².